The minimum absolute atomic E-state index is 0.171. The molecule has 0 fully saturated rings. The summed E-state index contributed by atoms with van der Waals surface area (Å²) < 4.78 is 5.40. The van der Waals surface area contributed by atoms with Gasteiger partial charge in [0.2, 0.25) is 0 Å². The number of nitrogens with one attached hydrogen (secondary N) is 1. The second-order valence-corrected chi connectivity index (χ2v) is 3.81. The topological polar surface area (TPSA) is 47.3 Å². The molecule has 0 spiro atoms. The number of ether oxygens (including phenoxy) is 1. The van der Waals surface area contributed by atoms with Gasteiger partial charge in [-0.15, -0.1) is 0 Å². The van der Waals surface area contributed by atoms with Crippen LogP contribution in [0.5, 0.6) is 0 Å². The Labute approximate surface area is 95.6 Å². The Morgan fingerprint density at radius 3 is 2.87 bits per heavy atom. The molecule has 0 bridgehead atoms. The van der Waals surface area contributed by atoms with Crippen molar-refractivity contribution in [3.8, 4) is 0 Å². The van der Waals surface area contributed by atoms with Gasteiger partial charge in [-0.1, -0.05) is 11.6 Å². The Hall–Kier alpha value is -0.930. The van der Waals surface area contributed by atoms with Crippen LogP contribution in [0.25, 0.3) is 0 Å². The van der Waals surface area contributed by atoms with Gasteiger partial charge >= 0.3 is 0 Å². The third-order valence-corrected chi connectivity index (χ3v) is 2.28. The molecule has 0 radical (unpaired) electrons. The van der Waals surface area contributed by atoms with E-state index in [-0.39, 0.29) is 6.10 Å². The Morgan fingerprint density at radius 2 is 2.27 bits per heavy atom. The number of halogens is 1. The highest BCUT2D eigenvalue weighted by Gasteiger charge is 2.03. The lowest BCUT2D eigenvalue weighted by Crippen LogP contribution is -2.20. The number of nitrogens with two attached hydrogens (primary N) is 1. The third kappa shape index (κ3) is 3.98. The first-order valence-electron chi connectivity index (χ1n) is 5.04. The largest absolute Gasteiger partial charge is 0.397 e. The predicted octanol–water partition coefficient (Wildman–Crippen LogP) is 2.76. The summed E-state index contributed by atoms with van der Waals surface area (Å²) in [7, 11) is 0. The van der Waals surface area contributed by atoms with Crippen molar-refractivity contribution in [3.63, 3.8) is 0 Å². The van der Waals surface area contributed by atoms with Crippen molar-refractivity contribution in [3.05, 3.63) is 23.2 Å². The van der Waals surface area contributed by atoms with Gasteiger partial charge in [-0.25, -0.2) is 0 Å². The Morgan fingerprint density at radius 1 is 1.53 bits per heavy atom. The molecular formula is C11H17ClN2O. The van der Waals surface area contributed by atoms with Crippen molar-refractivity contribution in [2.75, 3.05) is 24.2 Å². The molecular weight excluding hydrogens is 212 g/mol. The van der Waals surface area contributed by atoms with E-state index in [4.69, 9.17) is 22.1 Å². The minimum atomic E-state index is 0.171. The fourth-order valence-corrected chi connectivity index (χ4v) is 1.47. The van der Waals surface area contributed by atoms with Crippen LogP contribution in [-0.2, 0) is 4.74 Å². The summed E-state index contributed by atoms with van der Waals surface area (Å²) in [5.74, 6) is 0. The van der Waals surface area contributed by atoms with Crippen LogP contribution in [0.3, 0.4) is 0 Å². The number of anilines is 2. The van der Waals surface area contributed by atoms with Crippen LogP contribution < -0.4 is 11.1 Å². The zero-order chi connectivity index (χ0) is 11.3. The molecule has 0 aromatic heterocycles. The van der Waals surface area contributed by atoms with E-state index in [2.05, 4.69) is 5.32 Å². The Balaban J connectivity index is 2.50. The summed E-state index contributed by atoms with van der Waals surface area (Å²) in [5, 5.41) is 3.87. The molecule has 0 saturated carbocycles. The van der Waals surface area contributed by atoms with Gasteiger partial charge in [0.15, 0.2) is 0 Å². The van der Waals surface area contributed by atoms with Crippen LogP contribution >= 0.6 is 11.6 Å². The average Bonchev–Trinajstić information content (AvgIpc) is 2.17. The lowest BCUT2D eigenvalue weighted by molar-refractivity contribution is 0.0855. The minimum Gasteiger partial charge on any atom is -0.397 e. The molecule has 84 valence electrons. The lowest BCUT2D eigenvalue weighted by atomic mass is 10.2. The normalized spacial score (nSPS) is 12.5. The van der Waals surface area contributed by atoms with Crippen LogP contribution in [0.2, 0.25) is 5.02 Å². The molecule has 4 heteroatoms. The smallest absolute Gasteiger partial charge is 0.0719 e. The first-order valence-corrected chi connectivity index (χ1v) is 5.41. The van der Waals surface area contributed by atoms with Crippen LogP contribution in [0.15, 0.2) is 18.2 Å². The second-order valence-electron chi connectivity index (χ2n) is 3.38. The molecule has 0 aliphatic rings. The van der Waals surface area contributed by atoms with Crippen LogP contribution in [0, 0.1) is 0 Å². The number of nitrogen functional groups attached to an aromatic ring is 1. The molecule has 1 unspecified atom stereocenters. The number of benzene rings is 1. The molecule has 3 nitrogen and oxygen atoms in total. The predicted molar refractivity (Wildman–Crippen MR) is 65.4 cm³/mol. The molecule has 0 amide bonds. The zero-order valence-corrected chi connectivity index (χ0v) is 9.84. The summed E-state index contributed by atoms with van der Waals surface area (Å²) in [6, 6.07) is 5.41. The SMILES string of the molecule is CCOC(C)CNc1ccc(Cl)cc1N. The van der Waals surface area contributed by atoms with E-state index in [1.54, 1.807) is 6.07 Å². The summed E-state index contributed by atoms with van der Waals surface area (Å²) in [4.78, 5) is 0. The molecule has 15 heavy (non-hydrogen) atoms. The zero-order valence-electron chi connectivity index (χ0n) is 9.09. The van der Waals surface area contributed by atoms with Crippen molar-refractivity contribution < 1.29 is 4.74 Å². The van der Waals surface area contributed by atoms with Gasteiger partial charge in [-0.2, -0.15) is 0 Å². The monoisotopic (exact) mass is 228 g/mol. The molecule has 0 aliphatic heterocycles. The van der Waals surface area contributed by atoms with E-state index < -0.39 is 0 Å². The molecule has 0 saturated heterocycles. The van der Waals surface area contributed by atoms with Gasteiger partial charge in [0, 0.05) is 18.2 Å². The summed E-state index contributed by atoms with van der Waals surface area (Å²) >= 11 is 5.80. The Kier molecular flexibility index (Phi) is 4.72. The first kappa shape index (κ1) is 12.1. The van der Waals surface area contributed by atoms with Gasteiger partial charge in [-0.3, -0.25) is 0 Å². The van der Waals surface area contributed by atoms with Crippen molar-refractivity contribution in [2.24, 2.45) is 0 Å². The number of hydrogen-bond acceptors (Lipinski definition) is 3. The van der Waals surface area contributed by atoms with Gasteiger partial charge in [0.05, 0.1) is 17.5 Å². The van der Waals surface area contributed by atoms with E-state index in [0.29, 0.717) is 10.7 Å². The van der Waals surface area contributed by atoms with Gasteiger partial charge < -0.3 is 15.8 Å². The quantitative estimate of drug-likeness (QED) is 0.762. The van der Waals surface area contributed by atoms with Crippen molar-refractivity contribution in [1.82, 2.24) is 0 Å². The second kappa shape index (κ2) is 5.83. The lowest BCUT2D eigenvalue weighted by Gasteiger charge is -2.14. The van der Waals surface area contributed by atoms with Gasteiger partial charge in [0.1, 0.15) is 0 Å². The molecule has 0 aliphatic carbocycles. The van der Waals surface area contributed by atoms with Crippen LogP contribution in [-0.4, -0.2) is 19.3 Å². The van der Waals surface area contributed by atoms with Gasteiger partial charge in [-0.05, 0) is 32.0 Å². The maximum Gasteiger partial charge on any atom is 0.0719 e. The van der Waals surface area contributed by atoms with Crippen LogP contribution in [0.4, 0.5) is 11.4 Å². The standard InChI is InChI=1S/C11H17ClN2O/c1-3-15-8(2)7-14-11-5-4-9(12)6-10(11)13/h4-6,8,14H,3,7,13H2,1-2H3. The fraction of sp³-hybridized carbons (Fsp3) is 0.455. The van der Waals surface area contributed by atoms with E-state index in [9.17, 15) is 0 Å². The van der Waals surface area contributed by atoms with Crippen LogP contribution in [0.1, 0.15) is 13.8 Å². The van der Waals surface area contributed by atoms with E-state index in [1.807, 2.05) is 26.0 Å². The molecule has 1 rings (SSSR count). The van der Waals surface area contributed by atoms with Crippen molar-refractivity contribution in [1.29, 1.82) is 0 Å². The van der Waals surface area contributed by atoms with E-state index >= 15 is 0 Å². The maximum atomic E-state index is 5.80. The van der Waals surface area contributed by atoms with E-state index in [1.165, 1.54) is 0 Å². The molecule has 0 heterocycles. The maximum absolute atomic E-state index is 5.80. The summed E-state index contributed by atoms with van der Waals surface area (Å²) in [5.41, 5.74) is 7.35. The van der Waals surface area contributed by atoms with Crippen molar-refractivity contribution >= 4 is 23.0 Å². The molecule has 1 atom stereocenters. The molecule has 1 aromatic carbocycles. The molecule has 3 N–H and O–H groups in total. The number of hydrogen-bond donors (Lipinski definition) is 2. The average molecular weight is 229 g/mol. The highest BCUT2D eigenvalue weighted by atomic mass is 35.5. The fourth-order valence-electron chi connectivity index (χ4n) is 1.29. The third-order valence-electron chi connectivity index (χ3n) is 2.04. The summed E-state index contributed by atoms with van der Waals surface area (Å²) in [6.45, 7) is 5.45. The highest BCUT2D eigenvalue weighted by molar-refractivity contribution is 6.31. The summed E-state index contributed by atoms with van der Waals surface area (Å²) in [6.07, 6.45) is 0.171. The van der Waals surface area contributed by atoms with E-state index in [0.717, 1.165) is 18.8 Å². The molecule has 1 aromatic rings. The number of rotatable bonds is 5. The first-order chi connectivity index (χ1) is 7.13. The highest BCUT2D eigenvalue weighted by Crippen LogP contribution is 2.22. The van der Waals surface area contributed by atoms with Crippen molar-refractivity contribution in [2.45, 2.75) is 20.0 Å². The Bertz CT molecular complexity index is 317. The van der Waals surface area contributed by atoms with Gasteiger partial charge in [0.25, 0.3) is 0 Å².